The third kappa shape index (κ3) is 3.56. The van der Waals surface area contributed by atoms with E-state index in [1.54, 1.807) is 0 Å². The maximum Gasteiger partial charge on any atom is 0.240 e. The fourth-order valence-corrected chi connectivity index (χ4v) is 3.14. The van der Waals surface area contributed by atoms with Gasteiger partial charge in [-0.1, -0.05) is 24.9 Å². The zero-order valence-electron chi connectivity index (χ0n) is 11.9. The minimum absolute atomic E-state index is 0.534. The van der Waals surface area contributed by atoms with E-state index in [2.05, 4.69) is 22.4 Å². The summed E-state index contributed by atoms with van der Waals surface area (Å²) >= 11 is 0. The second kappa shape index (κ2) is 6.04. The molecule has 3 rings (SSSR count). The summed E-state index contributed by atoms with van der Waals surface area (Å²) in [6.07, 6.45) is 10.4. The van der Waals surface area contributed by atoms with Crippen LogP contribution in [0.5, 0.6) is 0 Å². The summed E-state index contributed by atoms with van der Waals surface area (Å²) < 4.78 is 5.35. The average molecular weight is 263 g/mol. The monoisotopic (exact) mass is 263 g/mol. The first-order valence-corrected chi connectivity index (χ1v) is 7.91. The van der Waals surface area contributed by atoms with Crippen LogP contribution in [0.4, 0.5) is 0 Å². The Balaban J connectivity index is 1.48. The summed E-state index contributed by atoms with van der Waals surface area (Å²) in [5, 5.41) is 7.60. The molecule has 2 fully saturated rings. The van der Waals surface area contributed by atoms with Gasteiger partial charge in [0.1, 0.15) is 0 Å². The molecule has 1 N–H and O–H groups in total. The van der Waals surface area contributed by atoms with Crippen LogP contribution in [0.3, 0.4) is 0 Å². The summed E-state index contributed by atoms with van der Waals surface area (Å²) in [4.78, 5) is 4.56. The zero-order chi connectivity index (χ0) is 13.1. The molecule has 0 radical (unpaired) electrons. The smallest absolute Gasteiger partial charge is 0.240 e. The molecule has 1 aromatic rings. The van der Waals surface area contributed by atoms with Crippen LogP contribution in [0.2, 0.25) is 0 Å². The van der Waals surface area contributed by atoms with Gasteiger partial charge in [-0.2, -0.15) is 4.98 Å². The lowest BCUT2D eigenvalue weighted by Crippen LogP contribution is -2.16. The lowest BCUT2D eigenvalue weighted by Gasteiger charge is -2.26. The number of rotatable bonds is 6. The van der Waals surface area contributed by atoms with Crippen LogP contribution in [0, 0.1) is 5.92 Å². The largest absolute Gasteiger partial charge is 0.338 e. The van der Waals surface area contributed by atoms with E-state index in [9.17, 15) is 0 Å². The van der Waals surface area contributed by atoms with Crippen LogP contribution < -0.4 is 5.32 Å². The average Bonchev–Trinajstić information content (AvgIpc) is 3.15. The van der Waals surface area contributed by atoms with Crippen LogP contribution in [-0.2, 0) is 6.54 Å². The fraction of sp³-hybridized carbons (Fsp3) is 0.867. The Morgan fingerprint density at radius 1 is 1.16 bits per heavy atom. The Labute approximate surface area is 115 Å². The molecule has 106 valence electrons. The highest BCUT2D eigenvalue weighted by Crippen LogP contribution is 2.36. The van der Waals surface area contributed by atoms with Crippen LogP contribution in [-0.4, -0.2) is 16.2 Å². The molecule has 0 atom stereocenters. The SMILES string of the molecule is CCCC1CCC(c2noc(CNC3CC3)n2)CC1. The molecule has 0 unspecified atom stereocenters. The number of aromatic nitrogens is 2. The molecule has 2 saturated carbocycles. The maximum absolute atomic E-state index is 5.35. The highest BCUT2D eigenvalue weighted by atomic mass is 16.5. The summed E-state index contributed by atoms with van der Waals surface area (Å²) in [5.74, 6) is 3.18. The highest BCUT2D eigenvalue weighted by Gasteiger charge is 2.26. The van der Waals surface area contributed by atoms with E-state index < -0.39 is 0 Å². The molecule has 4 nitrogen and oxygen atoms in total. The van der Waals surface area contributed by atoms with Crippen molar-refractivity contribution in [2.75, 3.05) is 0 Å². The Bertz CT molecular complexity index is 392. The van der Waals surface area contributed by atoms with Gasteiger partial charge in [-0.3, -0.25) is 0 Å². The van der Waals surface area contributed by atoms with Crippen LogP contribution in [0.15, 0.2) is 4.52 Å². The Hall–Kier alpha value is -0.900. The van der Waals surface area contributed by atoms with Crippen molar-refractivity contribution in [3.05, 3.63) is 11.7 Å². The lowest BCUT2D eigenvalue weighted by atomic mass is 9.80. The topological polar surface area (TPSA) is 51.0 Å². The minimum Gasteiger partial charge on any atom is -0.338 e. The second-order valence-corrected chi connectivity index (χ2v) is 6.21. The predicted octanol–water partition coefficient (Wildman–Crippen LogP) is 3.40. The molecule has 0 saturated heterocycles. The molecule has 0 amide bonds. The van der Waals surface area contributed by atoms with Gasteiger partial charge in [0.25, 0.3) is 0 Å². The van der Waals surface area contributed by atoms with E-state index in [-0.39, 0.29) is 0 Å². The first-order valence-electron chi connectivity index (χ1n) is 7.91. The molecule has 0 bridgehead atoms. The maximum atomic E-state index is 5.35. The van der Waals surface area contributed by atoms with E-state index in [1.807, 2.05) is 0 Å². The zero-order valence-corrected chi connectivity index (χ0v) is 11.9. The summed E-state index contributed by atoms with van der Waals surface area (Å²) in [6.45, 7) is 3.02. The summed E-state index contributed by atoms with van der Waals surface area (Å²) in [5.41, 5.74) is 0. The van der Waals surface area contributed by atoms with E-state index in [0.29, 0.717) is 12.0 Å². The minimum atomic E-state index is 0.534. The van der Waals surface area contributed by atoms with Gasteiger partial charge >= 0.3 is 0 Å². The number of hydrogen-bond acceptors (Lipinski definition) is 4. The van der Waals surface area contributed by atoms with Crippen molar-refractivity contribution in [1.82, 2.24) is 15.5 Å². The molecule has 2 aliphatic carbocycles. The van der Waals surface area contributed by atoms with Crippen molar-refractivity contribution in [2.45, 2.75) is 76.8 Å². The standard InChI is InChI=1S/C15H25N3O/c1-2-3-11-4-6-12(7-5-11)15-17-14(19-18-15)10-16-13-8-9-13/h11-13,16H,2-10H2,1H3. The molecule has 0 spiro atoms. The molecular weight excluding hydrogens is 238 g/mol. The predicted molar refractivity (Wildman–Crippen MR) is 73.8 cm³/mol. The van der Waals surface area contributed by atoms with Crippen molar-refractivity contribution < 1.29 is 4.52 Å². The Morgan fingerprint density at radius 3 is 2.63 bits per heavy atom. The molecule has 19 heavy (non-hydrogen) atoms. The Morgan fingerprint density at radius 2 is 1.95 bits per heavy atom. The van der Waals surface area contributed by atoms with Crippen molar-refractivity contribution in [3.8, 4) is 0 Å². The van der Waals surface area contributed by atoms with Crippen LogP contribution >= 0.6 is 0 Å². The fourth-order valence-electron chi connectivity index (χ4n) is 3.14. The third-order valence-corrected chi connectivity index (χ3v) is 4.51. The van der Waals surface area contributed by atoms with Gasteiger partial charge in [0, 0.05) is 12.0 Å². The van der Waals surface area contributed by atoms with E-state index >= 15 is 0 Å². The van der Waals surface area contributed by atoms with Gasteiger partial charge in [-0.15, -0.1) is 0 Å². The van der Waals surface area contributed by atoms with Gasteiger partial charge in [0.05, 0.1) is 6.54 Å². The molecule has 1 aromatic heterocycles. The highest BCUT2D eigenvalue weighted by molar-refractivity contribution is 4.98. The summed E-state index contributed by atoms with van der Waals surface area (Å²) in [6, 6.07) is 0.694. The van der Waals surface area contributed by atoms with Gasteiger partial charge in [-0.05, 0) is 44.4 Å². The number of nitrogens with one attached hydrogen (secondary N) is 1. The Kier molecular flexibility index (Phi) is 4.16. The molecule has 0 aliphatic heterocycles. The van der Waals surface area contributed by atoms with E-state index in [1.165, 1.54) is 51.4 Å². The quantitative estimate of drug-likeness (QED) is 0.854. The van der Waals surface area contributed by atoms with Crippen LogP contribution in [0.1, 0.15) is 75.9 Å². The summed E-state index contributed by atoms with van der Waals surface area (Å²) in [7, 11) is 0. The van der Waals surface area contributed by atoms with E-state index in [0.717, 1.165) is 24.2 Å². The first kappa shape index (κ1) is 13.1. The van der Waals surface area contributed by atoms with Crippen molar-refractivity contribution >= 4 is 0 Å². The van der Waals surface area contributed by atoms with Crippen LogP contribution in [0.25, 0.3) is 0 Å². The number of nitrogens with zero attached hydrogens (tertiary/aromatic N) is 2. The van der Waals surface area contributed by atoms with Crippen molar-refractivity contribution in [3.63, 3.8) is 0 Å². The normalized spacial score (nSPS) is 27.6. The number of hydrogen-bond donors (Lipinski definition) is 1. The van der Waals surface area contributed by atoms with Gasteiger partial charge in [0.2, 0.25) is 5.89 Å². The molecule has 4 heteroatoms. The lowest BCUT2D eigenvalue weighted by molar-refractivity contribution is 0.294. The van der Waals surface area contributed by atoms with Gasteiger partial charge < -0.3 is 9.84 Å². The molecule has 0 aromatic carbocycles. The third-order valence-electron chi connectivity index (χ3n) is 4.51. The van der Waals surface area contributed by atoms with Gasteiger partial charge in [0.15, 0.2) is 5.82 Å². The van der Waals surface area contributed by atoms with Crippen molar-refractivity contribution in [1.29, 1.82) is 0 Å². The van der Waals surface area contributed by atoms with Gasteiger partial charge in [-0.25, -0.2) is 0 Å². The van der Waals surface area contributed by atoms with E-state index in [4.69, 9.17) is 4.52 Å². The second-order valence-electron chi connectivity index (χ2n) is 6.21. The molecule has 2 aliphatic rings. The van der Waals surface area contributed by atoms with Crippen molar-refractivity contribution in [2.24, 2.45) is 5.92 Å². The molecule has 1 heterocycles. The first-order chi connectivity index (χ1) is 9.35. The molecular formula is C15H25N3O.